The van der Waals surface area contributed by atoms with Gasteiger partial charge >= 0.3 is 6.09 Å². The number of hydrogen-bond donors (Lipinski definition) is 4. The highest BCUT2D eigenvalue weighted by Crippen LogP contribution is 2.54. The van der Waals surface area contributed by atoms with Gasteiger partial charge in [0.15, 0.2) is 17.3 Å². The third kappa shape index (κ3) is 23.0. The molecule has 0 radical (unpaired) electrons. The first-order valence-corrected chi connectivity index (χ1v) is 49.1. The van der Waals surface area contributed by atoms with E-state index in [-0.39, 0.29) is 53.5 Å². The number of rotatable bonds is 38. The molecule has 12 nitrogen and oxygen atoms in total. The van der Waals surface area contributed by atoms with E-state index in [2.05, 4.69) is 228 Å². The molecule has 4 N–H and O–H groups in total. The van der Waals surface area contributed by atoms with Gasteiger partial charge in [0.2, 0.25) is 17.7 Å². The molecule has 0 spiro atoms. The Hall–Kier alpha value is -12.8. The lowest BCUT2D eigenvalue weighted by Crippen LogP contribution is -2.53. The number of nitrogens with one attached hydrogen (secondary N) is 4. The van der Waals surface area contributed by atoms with Gasteiger partial charge in [-0.15, -0.1) is 47.0 Å². The Morgan fingerprint density at radius 3 is 0.697 bits per heavy atom. The maximum absolute atomic E-state index is 14.0. The number of carbonyl (C=O) groups is 7. The van der Waals surface area contributed by atoms with E-state index < -0.39 is 55.2 Å². The first-order chi connectivity index (χ1) is 64.4. The van der Waals surface area contributed by atoms with Crippen molar-refractivity contribution in [2.45, 2.75) is 110 Å². The second-order valence-corrected chi connectivity index (χ2v) is 38.0. The first kappa shape index (κ1) is 96.7. The van der Waals surface area contributed by atoms with Gasteiger partial charge in [-0.3, -0.25) is 28.8 Å². The Bertz CT molecular complexity index is 5590. The van der Waals surface area contributed by atoms with Gasteiger partial charge in [0.1, 0.15) is 12.6 Å². The highest BCUT2D eigenvalue weighted by molar-refractivity contribution is 8.01. The molecule has 0 bridgehead atoms. The first-order valence-electron chi connectivity index (χ1n) is 45.1. The molecular weight excluding hydrogens is 1710 g/mol. The predicted molar refractivity (Wildman–Crippen MR) is 545 cm³/mol. The van der Waals surface area contributed by atoms with Crippen molar-refractivity contribution < 1.29 is 38.3 Å². The molecule has 0 unspecified atom stereocenters. The van der Waals surface area contributed by atoms with Crippen LogP contribution in [0.15, 0.2) is 413 Å². The van der Waals surface area contributed by atoms with Crippen molar-refractivity contribution in [2.24, 2.45) is 11.8 Å². The van der Waals surface area contributed by atoms with E-state index in [0.717, 1.165) is 84.3 Å². The van der Waals surface area contributed by atoms with E-state index in [1.54, 1.807) is 54.0 Å². The zero-order chi connectivity index (χ0) is 92.7. The molecule has 6 atom stereocenters. The lowest BCUT2D eigenvalue weighted by Gasteiger charge is -2.36. The smallest absolute Gasteiger partial charge is 0.407 e. The molecule has 0 aromatic heterocycles. The van der Waals surface area contributed by atoms with Crippen LogP contribution in [0.5, 0.6) is 0 Å². The number of benzene rings is 14. The molecule has 4 amide bonds. The Balaban J connectivity index is 0.000000175. The summed E-state index contributed by atoms with van der Waals surface area (Å²) in [5.41, 5.74) is 17.9. The zero-order valence-corrected chi connectivity index (χ0v) is 78.9. The van der Waals surface area contributed by atoms with Gasteiger partial charge in [-0.25, -0.2) is 4.79 Å². The summed E-state index contributed by atoms with van der Waals surface area (Å²) in [5.74, 6) is 0.0929. The van der Waals surface area contributed by atoms with Gasteiger partial charge in [-0.05, 0) is 123 Å². The van der Waals surface area contributed by atoms with E-state index in [1.165, 1.54) is 25.0 Å². The number of amides is 4. The van der Waals surface area contributed by atoms with Crippen LogP contribution >= 0.6 is 47.0 Å². The standard InChI is InChI=1S/C50H50N2O3S2.C38H33NO3S.C28H31NO2S/c1-4-45(51-47(54)37(2)35-56-49(39-23-11-5-12-24-39,40-25-13-6-14-26-40)41-27-15-7-16-28-41)48(55)52-46(38(3)53)36-57-50(42-29-17-8-18-30-42,43-31-19-9-20-32-43)44-33-21-10-22-34-44;1-27(40)36(39-37(41)42-25-35-33-23-13-11-21-31(33)32-22-12-14-24-34(32)35)26-43-38(28-15-5-2-6-16-28,29-17-7-3-8-18-29)30-19-9-4-10-20-30;1-4-21(2)27(31)29-26(22(3)30)20-32-28(23-14-8-5-9-15-23,24-16-10-6-11-17-24)25-18-12-7-13-19-25/h5-34,37,45-46H,4,35-36H2,1-3H3,(H,51,54)(H,52,55);2-24,35-36H,25-26H2,1H3,(H,39,41);5-19,21,26H,4,20H2,1-3H3,(H,29,31)/t37-,45-,46-;36-;21-,26-/m000/s1. The minimum Gasteiger partial charge on any atom is -0.449 e. The van der Waals surface area contributed by atoms with Crippen molar-refractivity contribution >= 4 is 88.2 Å². The highest BCUT2D eigenvalue weighted by Gasteiger charge is 2.44. The topological polar surface area (TPSA) is 177 Å². The Kier molecular flexibility index (Phi) is 34.7. The predicted octanol–water partition coefficient (Wildman–Crippen LogP) is 24.1. The summed E-state index contributed by atoms with van der Waals surface area (Å²) in [4.78, 5) is 92.3. The highest BCUT2D eigenvalue weighted by atomic mass is 32.2. The SMILES string of the molecule is CC(=O)[C@H](CSC(c1ccccc1)(c1ccccc1)c1ccccc1)NC(=O)OCC1c2ccccc2-c2ccccc21.CC[C@H](C)C(=O)N[C@@H](CSC(c1ccccc1)(c1ccccc1)c1ccccc1)C(C)=O.CC[C@H](NC(=O)[C@@H](C)CSC(c1ccccc1)(c1ccccc1)c1ccccc1)C(=O)N[C@@H](CSC(c1ccccc1)(c1ccccc1)c1ccccc1)C(C)=O. The van der Waals surface area contributed by atoms with E-state index in [0.29, 0.717) is 29.4 Å². The number of carbonyl (C=O) groups excluding carboxylic acids is 7. The molecular formula is C116H114N4O8S4. The van der Waals surface area contributed by atoms with Crippen molar-refractivity contribution in [1.82, 2.24) is 21.3 Å². The maximum atomic E-state index is 14.0. The molecule has 0 saturated heterocycles. The molecule has 0 fully saturated rings. The average Bonchev–Trinajstić information content (AvgIpc) is 1.42. The van der Waals surface area contributed by atoms with Crippen molar-refractivity contribution in [3.63, 3.8) is 0 Å². The monoisotopic (exact) mass is 1820 g/mol. The third-order valence-corrected chi connectivity index (χ3v) is 31.1. The molecule has 1 aliphatic carbocycles. The number of alkyl carbamates (subject to hydrolysis) is 1. The van der Waals surface area contributed by atoms with Crippen LogP contribution in [0, 0.1) is 11.8 Å². The van der Waals surface area contributed by atoms with Crippen LogP contribution in [0.3, 0.4) is 0 Å². The molecule has 15 rings (SSSR count). The molecule has 670 valence electrons. The van der Waals surface area contributed by atoms with Crippen LogP contribution in [0.2, 0.25) is 0 Å². The number of hydrogen-bond acceptors (Lipinski definition) is 12. The van der Waals surface area contributed by atoms with Crippen LogP contribution in [-0.4, -0.2) is 95.0 Å². The molecule has 0 aliphatic heterocycles. The Labute approximate surface area is 795 Å². The van der Waals surface area contributed by atoms with Crippen molar-refractivity contribution in [2.75, 3.05) is 29.6 Å². The number of Topliss-reactive ketones (excluding diaryl/α,β-unsaturated/α-hetero) is 3. The van der Waals surface area contributed by atoms with Gasteiger partial charge in [0, 0.05) is 40.8 Å². The van der Waals surface area contributed by atoms with Crippen molar-refractivity contribution in [1.29, 1.82) is 0 Å². The average molecular weight is 1820 g/mol. The van der Waals surface area contributed by atoms with Crippen LogP contribution in [-0.2, 0) is 52.5 Å². The number of ketones is 3. The Morgan fingerprint density at radius 1 is 0.258 bits per heavy atom. The fourth-order valence-corrected chi connectivity index (χ4v) is 23.5. The van der Waals surface area contributed by atoms with E-state index in [4.69, 9.17) is 4.74 Å². The van der Waals surface area contributed by atoms with Gasteiger partial charge < -0.3 is 26.0 Å². The fourth-order valence-electron chi connectivity index (χ4n) is 17.0. The van der Waals surface area contributed by atoms with Crippen LogP contribution in [0.4, 0.5) is 4.79 Å². The summed E-state index contributed by atoms with van der Waals surface area (Å²) in [7, 11) is 0. The summed E-state index contributed by atoms with van der Waals surface area (Å²) in [6.07, 6.45) is 0.525. The summed E-state index contributed by atoms with van der Waals surface area (Å²) < 4.78 is 3.46. The number of fused-ring (bicyclic) bond motifs is 3. The Morgan fingerprint density at radius 2 is 0.462 bits per heavy atom. The van der Waals surface area contributed by atoms with Crippen LogP contribution in [0.1, 0.15) is 145 Å². The minimum absolute atomic E-state index is 0.0303. The molecule has 132 heavy (non-hydrogen) atoms. The quantitative estimate of drug-likeness (QED) is 0.0270. The van der Waals surface area contributed by atoms with Gasteiger partial charge in [-0.2, -0.15) is 0 Å². The second-order valence-electron chi connectivity index (χ2n) is 33.0. The van der Waals surface area contributed by atoms with E-state index >= 15 is 0 Å². The zero-order valence-electron chi connectivity index (χ0n) is 75.6. The molecule has 0 saturated carbocycles. The largest absolute Gasteiger partial charge is 0.449 e. The molecule has 1 aliphatic rings. The lowest BCUT2D eigenvalue weighted by atomic mass is 9.84. The fraction of sp³-hybridized carbons (Fsp3) is 0.216. The molecule has 14 aromatic rings. The normalized spacial score (nSPS) is 13.1. The number of ether oxygens (including phenoxy) is 1. The summed E-state index contributed by atoms with van der Waals surface area (Å²) in [6.45, 7) is 12.4. The van der Waals surface area contributed by atoms with E-state index in [1.807, 2.05) is 234 Å². The van der Waals surface area contributed by atoms with Gasteiger partial charge in [-0.1, -0.05) is 440 Å². The van der Waals surface area contributed by atoms with Crippen molar-refractivity contribution in [3.05, 3.63) is 490 Å². The third-order valence-electron chi connectivity index (χ3n) is 24.4. The molecule has 0 heterocycles. The van der Waals surface area contributed by atoms with Crippen molar-refractivity contribution in [3.8, 4) is 11.1 Å². The molecule has 16 heteroatoms. The summed E-state index contributed by atoms with van der Waals surface area (Å²) in [5, 5.41) is 11.9. The number of thioether (sulfide) groups is 4. The summed E-state index contributed by atoms with van der Waals surface area (Å²) >= 11 is 6.67. The van der Waals surface area contributed by atoms with Crippen LogP contribution in [0.25, 0.3) is 11.1 Å². The van der Waals surface area contributed by atoms with E-state index in [9.17, 15) is 33.6 Å². The minimum atomic E-state index is -0.805. The lowest BCUT2D eigenvalue weighted by molar-refractivity contribution is -0.132. The maximum Gasteiger partial charge on any atom is 0.407 e. The van der Waals surface area contributed by atoms with Crippen LogP contribution < -0.4 is 21.3 Å². The second kappa shape index (κ2) is 47.3. The van der Waals surface area contributed by atoms with Gasteiger partial charge in [0.05, 0.1) is 37.1 Å². The van der Waals surface area contributed by atoms with Gasteiger partial charge in [0.25, 0.3) is 0 Å². The molecule has 14 aromatic carbocycles. The summed E-state index contributed by atoms with van der Waals surface area (Å²) in [6, 6.07) is 138.